The van der Waals surface area contributed by atoms with Gasteiger partial charge in [-0.2, -0.15) is 0 Å². The maximum absolute atomic E-state index is 10.2. The van der Waals surface area contributed by atoms with Crippen LogP contribution in [-0.4, -0.2) is 69.9 Å². The van der Waals surface area contributed by atoms with E-state index in [-0.39, 0.29) is 23.2 Å². The number of phenols is 1. The van der Waals surface area contributed by atoms with Gasteiger partial charge in [0.25, 0.3) is 0 Å². The van der Waals surface area contributed by atoms with Crippen molar-refractivity contribution >= 4 is 40.6 Å². The number of hydrogen-bond donors (Lipinski definition) is 3. The molecule has 0 spiro atoms. The van der Waals surface area contributed by atoms with Crippen molar-refractivity contribution < 1.29 is 5.11 Å². The quantitative estimate of drug-likeness (QED) is 0.286. The molecule has 4 rings (SSSR count). The third-order valence-electron chi connectivity index (χ3n) is 5.61. The van der Waals surface area contributed by atoms with Gasteiger partial charge in [0.15, 0.2) is 0 Å². The van der Waals surface area contributed by atoms with E-state index in [1.165, 1.54) is 6.33 Å². The Bertz CT molecular complexity index is 1400. The van der Waals surface area contributed by atoms with Crippen LogP contribution in [0.5, 0.6) is 5.75 Å². The fraction of sp³-hybridized carbons (Fsp3) is 0.292. The van der Waals surface area contributed by atoms with Gasteiger partial charge in [0, 0.05) is 0 Å². The van der Waals surface area contributed by atoms with E-state index in [1.54, 1.807) is 6.07 Å². The summed E-state index contributed by atoms with van der Waals surface area (Å²) in [7, 11) is 4.12. The summed E-state index contributed by atoms with van der Waals surface area (Å²) in [5.41, 5.74) is 8.15. The van der Waals surface area contributed by atoms with Gasteiger partial charge in [0.1, 0.15) is 0 Å². The third kappa shape index (κ3) is 5.21. The molecular formula is C24H28AsN9O. The van der Waals surface area contributed by atoms with E-state index in [9.17, 15) is 10.4 Å². The number of nitriles is 1. The van der Waals surface area contributed by atoms with Crippen molar-refractivity contribution in [3.8, 4) is 11.8 Å². The van der Waals surface area contributed by atoms with E-state index in [0.29, 0.717) is 11.6 Å². The molecule has 4 aromatic rings. The molecule has 0 aliphatic carbocycles. The molecule has 0 fully saturated rings. The maximum atomic E-state index is 10.2. The molecule has 2 atom stereocenters. The van der Waals surface area contributed by atoms with Crippen molar-refractivity contribution in [2.24, 2.45) is 0 Å². The summed E-state index contributed by atoms with van der Waals surface area (Å²) in [6, 6.07) is 11.3. The minimum absolute atomic E-state index is 0.121. The molecule has 3 heterocycles. The Morgan fingerprint density at radius 3 is 2.80 bits per heavy atom. The summed E-state index contributed by atoms with van der Waals surface area (Å²) in [6.45, 7) is 4.89. The van der Waals surface area contributed by atoms with E-state index in [4.69, 9.17) is 15.8 Å². The van der Waals surface area contributed by atoms with Crippen molar-refractivity contribution in [2.45, 2.75) is 25.1 Å². The molecule has 11 heteroatoms. The van der Waals surface area contributed by atoms with Crippen LogP contribution in [0, 0.1) is 18.3 Å². The number of hydrogen-bond acceptors (Lipinski definition) is 9. The minimum atomic E-state index is -1.95. The molecule has 0 amide bonds. The van der Waals surface area contributed by atoms with Crippen LogP contribution in [0.15, 0.2) is 42.9 Å². The molecule has 0 bridgehead atoms. The van der Waals surface area contributed by atoms with Crippen LogP contribution in [0.25, 0.3) is 5.52 Å². The first-order chi connectivity index (χ1) is 16.8. The van der Waals surface area contributed by atoms with Crippen molar-refractivity contribution in [1.29, 1.82) is 5.26 Å². The van der Waals surface area contributed by atoms with Gasteiger partial charge in [-0.3, -0.25) is 0 Å². The first-order valence-electron chi connectivity index (χ1n) is 11.1. The zero-order valence-electron chi connectivity index (χ0n) is 20.1. The molecule has 0 saturated heterocycles. The fourth-order valence-corrected chi connectivity index (χ4v) is 9.26. The molecule has 0 radical (unpaired) electrons. The van der Waals surface area contributed by atoms with Gasteiger partial charge in [-0.1, -0.05) is 0 Å². The van der Waals surface area contributed by atoms with E-state index in [2.05, 4.69) is 53.3 Å². The van der Waals surface area contributed by atoms with Crippen molar-refractivity contribution in [1.82, 2.24) is 29.5 Å². The molecule has 4 N–H and O–H groups in total. The Morgan fingerprint density at radius 1 is 1.29 bits per heavy atom. The molecule has 2 unspecified atom stereocenters. The van der Waals surface area contributed by atoms with Gasteiger partial charge in [0.2, 0.25) is 0 Å². The summed E-state index contributed by atoms with van der Waals surface area (Å²) in [4.78, 5) is 15.4. The predicted molar refractivity (Wildman–Crippen MR) is 137 cm³/mol. The number of nitrogen functional groups attached to an aromatic ring is 1. The normalized spacial score (nSPS) is 13.0. The van der Waals surface area contributed by atoms with Gasteiger partial charge >= 0.3 is 209 Å². The van der Waals surface area contributed by atoms with Crippen LogP contribution in [0.2, 0.25) is 5.21 Å². The van der Waals surface area contributed by atoms with Crippen molar-refractivity contribution in [3.63, 3.8) is 0 Å². The number of nitrogens with zero attached hydrogens (tertiary/aromatic N) is 7. The Kier molecular flexibility index (Phi) is 7.20. The number of phenolic OH excluding ortho intramolecular Hbond substituents is 1. The van der Waals surface area contributed by atoms with Crippen LogP contribution in [0.3, 0.4) is 0 Å². The van der Waals surface area contributed by atoms with Gasteiger partial charge < -0.3 is 0 Å². The standard InChI is InChI=1S/C24H28AsN9O/c1-15-8-10-34-20(15)21(25(9-11-33(3)4)17-6-5-7-18(35)12-17)31-23(32-34)16(2)30-24-19(13-26)22(27)28-14-29-24/h5-8,10,12,14,16,35H,9,11H2,1-4H3,(H3,27,28,29,30). The zero-order chi connectivity index (χ0) is 25.1. The van der Waals surface area contributed by atoms with Gasteiger partial charge in [-0.25, -0.2) is 0 Å². The number of anilines is 2. The van der Waals surface area contributed by atoms with E-state index in [0.717, 1.165) is 31.7 Å². The summed E-state index contributed by atoms with van der Waals surface area (Å²) in [6.07, 6.45) is 3.26. The number of aromatic hydroxyl groups is 1. The Morgan fingerprint density at radius 2 is 2.09 bits per heavy atom. The van der Waals surface area contributed by atoms with Gasteiger partial charge in [0.05, 0.1) is 0 Å². The number of aryl methyl sites for hydroxylation is 1. The van der Waals surface area contributed by atoms with E-state index >= 15 is 0 Å². The summed E-state index contributed by atoms with van der Waals surface area (Å²) in [5, 5.41) is 28.6. The third-order valence-corrected chi connectivity index (χ3v) is 10.6. The molecule has 35 heavy (non-hydrogen) atoms. The number of nitrogens with two attached hydrogens (primary N) is 1. The summed E-state index contributed by atoms with van der Waals surface area (Å²) < 4.78 is 4.03. The average molecular weight is 533 g/mol. The predicted octanol–water partition coefficient (Wildman–Crippen LogP) is 1.33. The van der Waals surface area contributed by atoms with Crippen LogP contribution in [0.1, 0.15) is 29.9 Å². The van der Waals surface area contributed by atoms with E-state index < -0.39 is 14.7 Å². The SMILES string of the molecule is Cc1ccn2nc(C(C)Nc3ncnc(N)c3C#N)nc([As](CCN(C)C)c3cccc(O)c3)c12. The van der Waals surface area contributed by atoms with Gasteiger partial charge in [-0.15, -0.1) is 0 Å². The fourth-order valence-electron chi connectivity index (χ4n) is 3.75. The van der Waals surface area contributed by atoms with Gasteiger partial charge in [-0.05, 0) is 0 Å². The first kappa shape index (κ1) is 24.5. The monoisotopic (exact) mass is 533 g/mol. The van der Waals surface area contributed by atoms with Crippen LogP contribution >= 0.6 is 0 Å². The molecule has 1 aromatic carbocycles. The second kappa shape index (κ2) is 10.3. The number of fused-ring (bicyclic) bond motifs is 1. The Hall–Kier alpha value is -3.67. The molecule has 0 saturated carbocycles. The molecule has 0 aliphatic heterocycles. The number of aromatic nitrogens is 5. The first-order valence-corrected chi connectivity index (χ1v) is 14.3. The Balaban J connectivity index is 1.82. The van der Waals surface area contributed by atoms with Crippen LogP contribution in [0.4, 0.5) is 11.6 Å². The van der Waals surface area contributed by atoms with Crippen molar-refractivity contribution in [2.75, 3.05) is 31.7 Å². The topological polar surface area (TPSA) is 141 Å². The average Bonchev–Trinajstić information content (AvgIpc) is 3.20. The number of rotatable bonds is 8. The van der Waals surface area contributed by atoms with E-state index in [1.807, 2.05) is 35.8 Å². The second-order valence-electron chi connectivity index (χ2n) is 8.52. The molecule has 3 aromatic heterocycles. The molecule has 0 aliphatic rings. The van der Waals surface area contributed by atoms with Crippen LogP contribution in [-0.2, 0) is 0 Å². The Labute approximate surface area is 208 Å². The second-order valence-corrected chi connectivity index (χ2v) is 13.2. The molecular weight excluding hydrogens is 505 g/mol. The summed E-state index contributed by atoms with van der Waals surface area (Å²) in [5.74, 6) is 1.30. The van der Waals surface area contributed by atoms with Crippen LogP contribution < -0.4 is 19.9 Å². The summed E-state index contributed by atoms with van der Waals surface area (Å²) >= 11 is -1.95. The zero-order valence-corrected chi connectivity index (χ0v) is 22.0. The number of benzene rings is 1. The molecule has 180 valence electrons. The number of nitrogens with one attached hydrogen (secondary N) is 1. The van der Waals surface area contributed by atoms with Crippen molar-refractivity contribution in [3.05, 3.63) is 59.8 Å². The molecule has 10 nitrogen and oxygen atoms in total.